The molecule has 1 aliphatic carbocycles. The van der Waals surface area contributed by atoms with Gasteiger partial charge < -0.3 is 14.6 Å². The van der Waals surface area contributed by atoms with Gasteiger partial charge in [0.1, 0.15) is 11.9 Å². The lowest BCUT2D eigenvalue weighted by Gasteiger charge is -2.52. The van der Waals surface area contributed by atoms with E-state index < -0.39 is 0 Å². The van der Waals surface area contributed by atoms with Crippen molar-refractivity contribution in [1.82, 2.24) is 9.88 Å². The topological polar surface area (TPSA) is 65.1 Å². The van der Waals surface area contributed by atoms with Crippen LogP contribution in [-0.4, -0.2) is 36.1 Å². The molecule has 1 N–H and O–H groups in total. The van der Waals surface area contributed by atoms with Gasteiger partial charge in [-0.05, 0) is 60.6 Å². The molecular formula is C17H19BrN4O. The molecule has 2 aromatic heterocycles. The lowest BCUT2D eigenvalue weighted by molar-refractivity contribution is 0.0226. The highest BCUT2D eigenvalue weighted by Gasteiger charge is 2.46. The number of nitriles is 1. The second-order valence-electron chi connectivity index (χ2n) is 7.01. The van der Waals surface area contributed by atoms with Crippen LogP contribution in [0, 0.1) is 16.7 Å². The zero-order valence-corrected chi connectivity index (χ0v) is 14.7. The van der Waals surface area contributed by atoms with Crippen molar-refractivity contribution in [3.05, 3.63) is 22.5 Å². The van der Waals surface area contributed by atoms with E-state index in [9.17, 15) is 0 Å². The molecule has 1 aliphatic heterocycles. The van der Waals surface area contributed by atoms with Crippen molar-refractivity contribution in [2.24, 2.45) is 5.41 Å². The predicted molar refractivity (Wildman–Crippen MR) is 92.2 cm³/mol. The van der Waals surface area contributed by atoms with Gasteiger partial charge in [0.05, 0.1) is 10.7 Å². The van der Waals surface area contributed by atoms with Gasteiger partial charge in [0, 0.05) is 24.0 Å². The zero-order valence-electron chi connectivity index (χ0n) is 13.1. The number of nitrogens with zero attached hydrogens (tertiary/aromatic N) is 3. The molecule has 5 nitrogen and oxygen atoms in total. The summed E-state index contributed by atoms with van der Waals surface area (Å²) < 4.78 is 6.29. The lowest BCUT2D eigenvalue weighted by atomic mass is 9.61. The number of rotatable bonds is 2. The van der Waals surface area contributed by atoms with Gasteiger partial charge in [0.2, 0.25) is 5.76 Å². The molecule has 3 heterocycles. The van der Waals surface area contributed by atoms with E-state index in [1.165, 1.54) is 38.8 Å². The summed E-state index contributed by atoms with van der Waals surface area (Å²) in [6.45, 7) is 2.44. The van der Waals surface area contributed by atoms with E-state index in [0.717, 1.165) is 15.7 Å². The molecule has 0 atom stereocenters. The monoisotopic (exact) mass is 374 g/mol. The molecule has 2 aromatic rings. The van der Waals surface area contributed by atoms with Crippen LogP contribution in [0.5, 0.6) is 0 Å². The molecule has 1 saturated carbocycles. The number of aromatic nitrogens is 1. The van der Waals surface area contributed by atoms with Crippen molar-refractivity contribution >= 4 is 32.7 Å². The van der Waals surface area contributed by atoms with Gasteiger partial charge >= 0.3 is 0 Å². The first-order valence-corrected chi connectivity index (χ1v) is 8.81. The van der Waals surface area contributed by atoms with Crippen molar-refractivity contribution in [3.63, 3.8) is 0 Å². The Hall–Kier alpha value is -1.58. The number of fused-ring (bicyclic) bond motifs is 1. The van der Waals surface area contributed by atoms with Crippen LogP contribution in [0.1, 0.15) is 31.4 Å². The number of hydrogen-bond acceptors (Lipinski definition) is 5. The van der Waals surface area contributed by atoms with Crippen LogP contribution < -0.4 is 5.32 Å². The summed E-state index contributed by atoms with van der Waals surface area (Å²) in [5, 5.41) is 13.4. The first kappa shape index (κ1) is 15.0. The number of piperidine rings is 1. The third-order valence-electron chi connectivity index (χ3n) is 5.18. The molecule has 1 spiro atoms. The summed E-state index contributed by atoms with van der Waals surface area (Å²) in [6, 6.07) is 4.26. The standard InChI is InChI=1S/C17H19BrN4O/c1-22-4-2-3-17(10-22)6-11(7-17)21-16-15(18)13-5-12(8-19)23-14(13)9-20-16/h5,9,11H,2-4,6-7,10H2,1H3,(H,20,21). The molecule has 4 rings (SSSR count). The van der Waals surface area contributed by atoms with E-state index in [0.29, 0.717) is 22.8 Å². The van der Waals surface area contributed by atoms with Gasteiger partial charge in [0.25, 0.3) is 0 Å². The minimum atomic E-state index is 0.312. The lowest BCUT2D eigenvalue weighted by Crippen LogP contribution is -2.53. The maximum absolute atomic E-state index is 8.95. The van der Waals surface area contributed by atoms with Gasteiger partial charge in [-0.25, -0.2) is 4.98 Å². The molecular weight excluding hydrogens is 356 g/mol. The number of likely N-dealkylation sites (tertiary alicyclic amines) is 1. The molecule has 0 amide bonds. The molecule has 120 valence electrons. The van der Waals surface area contributed by atoms with Crippen molar-refractivity contribution in [2.75, 3.05) is 25.5 Å². The minimum absolute atomic E-state index is 0.312. The predicted octanol–water partition coefficient (Wildman–Crippen LogP) is 3.75. The molecule has 2 aliphatic rings. The fourth-order valence-corrected chi connectivity index (χ4v) is 4.73. The third kappa shape index (κ3) is 2.62. The average molecular weight is 375 g/mol. The maximum Gasteiger partial charge on any atom is 0.204 e. The molecule has 23 heavy (non-hydrogen) atoms. The Balaban J connectivity index is 1.49. The Bertz CT molecular complexity index is 788. The number of halogens is 1. The van der Waals surface area contributed by atoms with Gasteiger partial charge in [0.15, 0.2) is 5.58 Å². The largest absolute Gasteiger partial charge is 0.444 e. The summed E-state index contributed by atoms with van der Waals surface area (Å²) in [5.41, 5.74) is 1.14. The number of pyridine rings is 1. The average Bonchev–Trinajstić information content (AvgIpc) is 2.92. The van der Waals surface area contributed by atoms with Crippen LogP contribution in [0.2, 0.25) is 0 Å². The molecule has 0 unspecified atom stereocenters. The Kier molecular flexibility index (Phi) is 3.58. The van der Waals surface area contributed by atoms with Crippen molar-refractivity contribution < 1.29 is 4.42 Å². The molecule has 6 heteroatoms. The van der Waals surface area contributed by atoms with Gasteiger partial charge in [-0.15, -0.1) is 0 Å². The first-order chi connectivity index (χ1) is 11.1. The van der Waals surface area contributed by atoms with Gasteiger partial charge in [-0.2, -0.15) is 5.26 Å². The molecule has 0 aromatic carbocycles. The Morgan fingerprint density at radius 2 is 2.35 bits per heavy atom. The highest BCUT2D eigenvalue weighted by Crippen LogP contribution is 2.48. The highest BCUT2D eigenvalue weighted by atomic mass is 79.9. The smallest absolute Gasteiger partial charge is 0.204 e. The Morgan fingerprint density at radius 3 is 3.09 bits per heavy atom. The number of hydrogen-bond donors (Lipinski definition) is 1. The van der Waals surface area contributed by atoms with Crippen LogP contribution in [-0.2, 0) is 0 Å². The van der Waals surface area contributed by atoms with Crippen molar-refractivity contribution in [3.8, 4) is 6.07 Å². The quantitative estimate of drug-likeness (QED) is 0.866. The fraction of sp³-hybridized carbons (Fsp3) is 0.529. The van der Waals surface area contributed by atoms with Crippen molar-refractivity contribution in [1.29, 1.82) is 5.26 Å². The fourth-order valence-electron chi connectivity index (χ4n) is 4.20. The molecule has 0 bridgehead atoms. The minimum Gasteiger partial charge on any atom is -0.444 e. The van der Waals surface area contributed by atoms with Crippen LogP contribution in [0.4, 0.5) is 5.82 Å². The van der Waals surface area contributed by atoms with E-state index >= 15 is 0 Å². The second-order valence-corrected chi connectivity index (χ2v) is 7.81. The summed E-state index contributed by atoms with van der Waals surface area (Å²) in [5.74, 6) is 1.15. The molecule has 1 saturated heterocycles. The van der Waals surface area contributed by atoms with Crippen LogP contribution >= 0.6 is 15.9 Å². The normalized spacial score (nSPS) is 27.8. The maximum atomic E-state index is 8.95. The van der Waals surface area contributed by atoms with E-state index in [4.69, 9.17) is 9.68 Å². The van der Waals surface area contributed by atoms with E-state index in [1.54, 1.807) is 12.3 Å². The Labute approximate surface area is 143 Å². The van der Waals surface area contributed by atoms with Crippen LogP contribution in [0.15, 0.2) is 21.2 Å². The summed E-state index contributed by atoms with van der Waals surface area (Å²) >= 11 is 3.60. The number of furan rings is 1. The number of nitrogens with one attached hydrogen (secondary N) is 1. The second kappa shape index (κ2) is 5.50. The Morgan fingerprint density at radius 1 is 1.52 bits per heavy atom. The number of anilines is 1. The van der Waals surface area contributed by atoms with Crippen LogP contribution in [0.3, 0.4) is 0 Å². The zero-order chi connectivity index (χ0) is 16.0. The third-order valence-corrected chi connectivity index (χ3v) is 5.98. The van der Waals surface area contributed by atoms with E-state index in [-0.39, 0.29) is 0 Å². The molecule has 2 fully saturated rings. The molecule has 0 radical (unpaired) electrons. The summed E-state index contributed by atoms with van der Waals surface area (Å²) in [6.07, 6.45) is 6.75. The highest BCUT2D eigenvalue weighted by molar-refractivity contribution is 9.10. The van der Waals surface area contributed by atoms with Crippen LogP contribution in [0.25, 0.3) is 11.0 Å². The van der Waals surface area contributed by atoms with Gasteiger partial charge in [-0.3, -0.25) is 0 Å². The van der Waals surface area contributed by atoms with Gasteiger partial charge in [-0.1, -0.05) is 0 Å². The SMILES string of the molecule is CN1CCCC2(CC(Nc3ncc4oc(C#N)cc4c3Br)C2)C1. The first-order valence-electron chi connectivity index (χ1n) is 8.02. The van der Waals surface area contributed by atoms with E-state index in [2.05, 4.69) is 38.2 Å². The summed E-state index contributed by atoms with van der Waals surface area (Å²) in [7, 11) is 2.22. The van der Waals surface area contributed by atoms with E-state index in [1.807, 2.05) is 6.07 Å². The summed E-state index contributed by atoms with van der Waals surface area (Å²) in [4.78, 5) is 6.91. The van der Waals surface area contributed by atoms with Crippen molar-refractivity contribution in [2.45, 2.75) is 31.7 Å².